The van der Waals surface area contributed by atoms with Gasteiger partial charge in [-0.15, -0.1) is 0 Å². The summed E-state index contributed by atoms with van der Waals surface area (Å²) in [7, 11) is 1.74. The zero-order valence-corrected chi connectivity index (χ0v) is 20.6. The Labute approximate surface area is 204 Å². The highest BCUT2D eigenvalue weighted by Crippen LogP contribution is 2.26. The molecule has 11 heteroatoms. The smallest absolute Gasteiger partial charge is 0.410 e. The Kier molecular flexibility index (Phi) is 9.64. The van der Waals surface area contributed by atoms with Gasteiger partial charge in [-0.3, -0.25) is 4.79 Å². The first-order chi connectivity index (χ1) is 16.8. The van der Waals surface area contributed by atoms with E-state index in [1.54, 1.807) is 16.8 Å². The van der Waals surface area contributed by atoms with Crippen LogP contribution in [0.25, 0.3) is 0 Å². The second kappa shape index (κ2) is 12.7. The van der Waals surface area contributed by atoms with Crippen LogP contribution in [0.2, 0.25) is 0 Å². The van der Waals surface area contributed by atoms with E-state index in [1.807, 2.05) is 13.8 Å². The maximum absolute atomic E-state index is 14.7. The number of anilines is 1. The summed E-state index contributed by atoms with van der Waals surface area (Å²) in [6.45, 7) is 6.53. The summed E-state index contributed by atoms with van der Waals surface area (Å²) in [5.41, 5.74) is 0.692. The lowest BCUT2D eigenvalue weighted by atomic mass is 10.1. The molecule has 0 aliphatic carbocycles. The van der Waals surface area contributed by atoms with Crippen LogP contribution in [0, 0.1) is 11.6 Å². The lowest BCUT2D eigenvalue weighted by Gasteiger charge is -2.32. The number of carbonyl (C=O) groups excluding carboxylic acids is 2. The Morgan fingerprint density at radius 2 is 1.77 bits per heavy atom. The number of hydrogen-bond donors (Lipinski definition) is 2. The first-order valence-corrected chi connectivity index (χ1v) is 12.1. The maximum atomic E-state index is 14.7. The molecular weight excluding hydrogens is 460 g/mol. The van der Waals surface area contributed by atoms with Crippen LogP contribution in [0.5, 0.6) is 0 Å². The summed E-state index contributed by atoms with van der Waals surface area (Å²) in [5.74, 6) is -2.03. The van der Waals surface area contributed by atoms with Gasteiger partial charge in [-0.2, -0.15) is 0 Å². The molecule has 2 saturated heterocycles. The number of benzene rings is 1. The molecule has 2 aliphatic rings. The normalized spacial score (nSPS) is 16.9. The largest absolute Gasteiger partial charge is 0.447 e. The van der Waals surface area contributed by atoms with Crippen LogP contribution in [-0.2, 0) is 9.57 Å². The highest BCUT2D eigenvalue weighted by atomic mass is 19.1. The van der Waals surface area contributed by atoms with Gasteiger partial charge in [-0.1, -0.05) is 5.16 Å². The topological polar surface area (TPSA) is 95.5 Å². The lowest BCUT2D eigenvalue weighted by molar-refractivity contribution is 0.00415. The van der Waals surface area contributed by atoms with Crippen molar-refractivity contribution in [2.45, 2.75) is 51.7 Å². The molecule has 2 heterocycles. The van der Waals surface area contributed by atoms with Crippen LogP contribution in [0.3, 0.4) is 0 Å². The zero-order chi connectivity index (χ0) is 25.4. The van der Waals surface area contributed by atoms with E-state index >= 15 is 0 Å². The minimum atomic E-state index is -0.755. The second-order valence-corrected chi connectivity index (χ2v) is 9.01. The summed E-state index contributed by atoms with van der Waals surface area (Å²) in [5, 5.41) is 9.72. The Morgan fingerprint density at radius 1 is 1.09 bits per heavy atom. The van der Waals surface area contributed by atoms with Crippen molar-refractivity contribution in [1.82, 2.24) is 15.5 Å². The Balaban J connectivity index is 1.48. The van der Waals surface area contributed by atoms with Gasteiger partial charge in [0.2, 0.25) is 0 Å². The molecule has 3 rings (SSSR count). The van der Waals surface area contributed by atoms with E-state index in [0.717, 1.165) is 17.8 Å². The lowest BCUT2D eigenvalue weighted by Crippen LogP contribution is -2.41. The van der Waals surface area contributed by atoms with E-state index in [4.69, 9.17) is 9.57 Å². The van der Waals surface area contributed by atoms with E-state index in [9.17, 15) is 18.4 Å². The summed E-state index contributed by atoms with van der Waals surface area (Å²) >= 11 is 0. The number of amides is 2. The monoisotopic (exact) mass is 495 g/mol. The van der Waals surface area contributed by atoms with Gasteiger partial charge >= 0.3 is 6.09 Å². The molecule has 0 spiro atoms. The Bertz CT molecular complexity index is 909. The summed E-state index contributed by atoms with van der Waals surface area (Å²) in [6, 6.07) is 2.04. The molecule has 1 aromatic carbocycles. The summed E-state index contributed by atoms with van der Waals surface area (Å²) in [6.07, 6.45) is 1.96. The first-order valence-electron chi connectivity index (χ1n) is 12.1. The molecule has 194 valence electrons. The fourth-order valence-corrected chi connectivity index (χ4v) is 4.01. The van der Waals surface area contributed by atoms with Crippen molar-refractivity contribution in [3.63, 3.8) is 0 Å². The van der Waals surface area contributed by atoms with Gasteiger partial charge < -0.3 is 30.0 Å². The molecule has 0 atom stereocenters. The van der Waals surface area contributed by atoms with Gasteiger partial charge in [0.15, 0.2) is 0 Å². The Hall–Kier alpha value is -2.95. The number of nitrogens with one attached hydrogen (secondary N) is 2. The third kappa shape index (κ3) is 7.51. The van der Waals surface area contributed by atoms with Crippen molar-refractivity contribution >= 4 is 23.4 Å². The number of hydrogen-bond acceptors (Lipinski definition) is 7. The zero-order valence-electron chi connectivity index (χ0n) is 20.6. The number of oxime groups is 1. The molecule has 9 nitrogen and oxygen atoms in total. The molecule has 2 N–H and O–H groups in total. The number of piperidine rings is 2. The minimum Gasteiger partial charge on any atom is -0.447 e. The van der Waals surface area contributed by atoms with Crippen molar-refractivity contribution in [2.75, 3.05) is 51.2 Å². The van der Waals surface area contributed by atoms with Crippen molar-refractivity contribution in [2.24, 2.45) is 5.16 Å². The van der Waals surface area contributed by atoms with E-state index in [1.165, 1.54) is 0 Å². The fourth-order valence-electron chi connectivity index (χ4n) is 4.01. The molecule has 2 amide bonds. The molecular formula is C24H35F2N5O4. The van der Waals surface area contributed by atoms with E-state index in [2.05, 4.69) is 15.8 Å². The second-order valence-electron chi connectivity index (χ2n) is 9.01. The van der Waals surface area contributed by atoms with Crippen molar-refractivity contribution < 1.29 is 27.9 Å². The Morgan fingerprint density at radius 3 is 2.40 bits per heavy atom. The molecule has 0 radical (unpaired) electrons. The van der Waals surface area contributed by atoms with Crippen molar-refractivity contribution in [3.05, 3.63) is 29.3 Å². The number of nitrogens with zero attached hydrogens (tertiary/aromatic N) is 3. The average Bonchev–Trinajstić information content (AvgIpc) is 2.84. The van der Waals surface area contributed by atoms with Crippen molar-refractivity contribution in [3.8, 4) is 0 Å². The number of likely N-dealkylation sites (N-methyl/N-ethyl adjacent to an activating group) is 1. The predicted molar refractivity (Wildman–Crippen MR) is 129 cm³/mol. The maximum Gasteiger partial charge on any atom is 0.410 e. The molecule has 2 fully saturated rings. The van der Waals surface area contributed by atoms with Gasteiger partial charge in [-0.25, -0.2) is 13.6 Å². The van der Waals surface area contributed by atoms with Crippen LogP contribution in [-0.4, -0.2) is 81.1 Å². The van der Waals surface area contributed by atoms with Crippen LogP contribution in [0.4, 0.5) is 19.3 Å². The summed E-state index contributed by atoms with van der Waals surface area (Å²) in [4.78, 5) is 33.2. The third-order valence-electron chi connectivity index (χ3n) is 5.99. The minimum absolute atomic E-state index is 0.0676. The van der Waals surface area contributed by atoms with Gasteiger partial charge in [-0.05, 0) is 27.0 Å². The van der Waals surface area contributed by atoms with E-state index < -0.39 is 17.5 Å². The van der Waals surface area contributed by atoms with Crippen molar-refractivity contribution in [1.29, 1.82) is 0 Å². The van der Waals surface area contributed by atoms with Gasteiger partial charge in [0.05, 0.1) is 23.1 Å². The van der Waals surface area contributed by atoms with Crippen LogP contribution >= 0.6 is 0 Å². The van der Waals surface area contributed by atoms with E-state index in [-0.39, 0.29) is 29.6 Å². The number of likely N-dealkylation sites (tertiary alicyclic amines) is 1. The molecule has 0 bridgehead atoms. The molecule has 0 unspecified atom stereocenters. The van der Waals surface area contributed by atoms with E-state index in [0.29, 0.717) is 65.0 Å². The molecule has 35 heavy (non-hydrogen) atoms. The molecule has 1 aromatic rings. The number of ether oxygens (including phenoxy) is 1. The fraction of sp³-hybridized carbons (Fsp3) is 0.625. The highest BCUT2D eigenvalue weighted by molar-refractivity contribution is 5.95. The SMILES string of the molecule is CNCCNC(=O)c1cc(F)c(N2CCC(=NOC3CCN(C(=O)OC(C)C)CC3)CC2)cc1F. The van der Waals surface area contributed by atoms with Crippen LogP contribution < -0.4 is 15.5 Å². The van der Waals surface area contributed by atoms with Gasteiger partial charge in [0.1, 0.15) is 17.7 Å². The third-order valence-corrected chi connectivity index (χ3v) is 5.99. The van der Waals surface area contributed by atoms with Crippen LogP contribution in [0.15, 0.2) is 17.3 Å². The van der Waals surface area contributed by atoms with Gasteiger partial charge in [0, 0.05) is 71.0 Å². The highest BCUT2D eigenvalue weighted by Gasteiger charge is 2.26. The number of carbonyl (C=O) groups is 2. The average molecular weight is 496 g/mol. The number of rotatable bonds is 8. The molecule has 2 aliphatic heterocycles. The summed E-state index contributed by atoms with van der Waals surface area (Å²) < 4.78 is 34.5. The predicted octanol–water partition coefficient (Wildman–Crippen LogP) is 2.90. The first kappa shape index (κ1) is 26.7. The molecule has 0 saturated carbocycles. The van der Waals surface area contributed by atoms with Crippen LogP contribution in [0.1, 0.15) is 49.9 Å². The quantitative estimate of drug-likeness (QED) is 0.425. The van der Waals surface area contributed by atoms with Gasteiger partial charge in [0.25, 0.3) is 5.91 Å². The number of halogens is 2. The molecule has 0 aromatic heterocycles. The standard InChI is InChI=1S/C24H35F2N5O4/c1-16(2)34-24(33)31-12-6-18(7-13-31)35-29-17-4-10-30(11-5-17)22-15-20(25)19(14-21(22)26)23(32)28-9-8-27-3/h14-16,18,27H,4-13H2,1-3H3,(H,28,32).